The van der Waals surface area contributed by atoms with Gasteiger partial charge in [-0.15, -0.1) is 0 Å². The SMILES string of the molecule is COc1ccc(O[C@@H]2OC(C(N)=O)[C@H](OC(C)=O)[C@H](OC(N)=O)C2O[C@@H]2OC(COC(C)=O)[C@@H](OC(C)=O)C(OC(C)=O)[C@@H]2NC(=O)OCC(Cl)(Cl)Cl)cc1. The second-order valence-corrected chi connectivity index (χ2v) is 14.1. The van der Waals surface area contributed by atoms with Gasteiger partial charge < -0.3 is 68.9 Å². The Hall–Kier alpha value is -4.54. The molecule has 0 aromatic heterocycles. The van der Waals surface area contributed by atoms with Crippen molar-refractivity contribution >= 4 is 76.8 Å². The second-order valence-electron chi connectivity index (χ2n) is 11.6. The number of carbonyl (C=O) groups is 7. The molecule has 0 radical (unpaired) electrons. The molecule has 306 valence electrons. The number of primary amides is 2. The fourth-order valence-corrected chi connectivity index (χ4v) is 5.47. The molecule has 1 aromatic rings. The molecule has 55 heavy (non-hydrogen) atoms. The highest BCUT2D eigenvalue weighted by Gasteiger charge is 2.58. The maximum atomic E-state index is 13.1. The third-order valence-corrected chi connectivity index (χ3v) is 7.61. The lowest BCUT2D eigenvalue weighted by molar-refractivity contribution is -0.338. The fraction of sp³-hybridized carbons (Fsp3) is 0.581. The van der Waals surface area contributed by atoms with Gasteiger partial charge in [-0.2, -0.15) is 0 Å². The standard InChI is InChI=1S/C31H38Cl3N3O18/c1-12(38)46-10-18-20(48-13(2)39)21(49-14(3)40)19(37-30(44)47-11-31(32,33)34)27(52-18)54-25-23(55-29(36)43)22(50-15(4)41)24(26(35)42)53-28(25)51-17-8-6-16(45-5)7-9-17/h6-9,18-25,27-28H,10-11H2,1-5H3,(H2,35,42)(H2,36,43)(H,37,44)/t18?,19-,20+,21?,22+,23-,24?,25?,27-,28+/m0/s1. The van der Waals surface area contributed by atoms with Crippen LogP contribution in [0, 0.1) is 0 Å². The predicted molar refractivity (Wildman–Crippen MR) is 181 cm³/mol. The Morgan fingerprint density at radius 1 is 0.709 bits per heavy atom. The largest absolute Gasteiger partial charge is 0.497 e. The Balaban J connectivity index is 2.24. The van der Waals surface area contributed by atoms with Crippen LogP contribution in [0.15, 0.2) is 24.3 Å². The van der Waals surface area contributed by atoms with Crippen LogP contribution in [0.2, 0.25) is 0 Å². The Morgan fingerprint density at radius 2 is 1.27 bits per heavy atom. The topological polar surface area (TPSA) is 285 Å². The van der Waals surface area contributed by atoms with E-state index in [1.165, 1.54) is 31.4 Å². The number of nitrogens with one attached hydrogen (secondary N) is 1. The molecule has 2 fully saturated rings. The molecule has 2 aliphatic heterocycles. The zero-order valence-corrected chi connectivity index (χ0v) is 31.9. The minimum Gasteiger partial charge on any atom is -0.497 e. The summed E-state index contributed by atoms with van der Waals surface area (Å²) < 4.78 is 58.9. The molecular weight excluding hydrogens is 809 g/mol. The quantitative estimate of drug-likeness (QED) is 0.132. The van der Waals surface area contributed by atoms with Crippen molar-refractivity contribution in [2.75, 3.05) is 20.3 Å². The highest BCUT2D eigenvalue weighted by atomic mass is 35.6. The van der Waals surface area contributed by atoms with E-state index in [4.69, 9.17) is 98.4 Å². The number of esters is 4. The van der Waals surface area contributed by atoms with Gasteiger partial charge in [0.15, 0.2) is 42.9 Å². The van der Waals surface area contributed by atoms with Crippen molar-refractivity contribution in [3.05, 3.63) is 24.3 Å². The van der Waals surface area contributed by atoms with Gasteiger partial charge in [-0.3, -0.25) is 24.0 Å². The summed E-state index contributed by atoms with van der Waals surface area (Å²) in [5.74, 6) is -4.48. The molecule has 0 bridgehead atoms. The van der Waals surface area contributed by atoms with E-state index >= 15 is 0 Å². The number of nitrogens with two attached hydrogens (primary N) is 2. The van der Waals surface area contributed by atoms with Crippen LogP contribution >= 0.6 is 34.8 Å². The molecule has 0 aliphatic carbocycles. The molecule has 3 rings (SSSR count). The lowest BCUT2D eigenvalue weighted by atomic mass is 9.94. The predicted octanol–water partition coefficient (Wildman–Crippen LogP) is 0.681. The van der Waals surface area contributed by atoms with E-state index in [0.29, 0.717) is 5.75 Å². The number of rotatable bonds is 14. The van der Waals surface area contributed by atoms with Crippen molar-refractivity contribution in [3.63, 3.8) is 0 Å². The first-order valence-electron chi connectivity index (χ1n) is 15.9. The molecule has 3 amide bonds. The van der Waals surface area contributed by atoms with Crippen LogP contribution in [0.25, 0.3) is 0 Å². The lowest BCUT2D eigenvalue weighted by Gasteiger charge is -2.48. The third-order valence-electron chi connectivity index (χ3n) is 7.29. The summed E-state index contributed by atoms with van der Waals surface area (Å²) in [5, 5.41) is 2.33. The average Bonchev–Trinajstić information content (AvgIpc) is 3.06. The number of alkyl halides is 3. The number of alkyl carbamates (subject to hydrolysis) is 1. The van der Waals surface area contributed by atoms with Crippen LogP contribution in [0.1, 0.15) is 27.7 Å². The smallest absolute Gasteiger partial charge is 0.407 e. The van der Waals surface area contributed by atoms with Gasteiger partial charge in [-0.1, -0.05) is 34.8 Å². The van der Waals surface area contributed by atoms with E-state index in [0.717, 1.165) is 27.7 Å². The maximum absolute atomic E-state index is 13.1. The Kier molecular flexibility index (Phi) is 16.2. The first-order valence-corrected chi connectivity index (χ1v) is 17.0. The van der Waals surface area contributed by atoms with Gasteiger partial charge in [-0.25, -0.2) is 9.59 Å². The number of methoxy groups -OCH3 is 1. The monoisotopic (exact) mass is 845 g/mol. The van der Waals surface area contributed by atoms with Gasteiger partial charge in [0.1, 0.15) is 36.9 Å². The molecule has 1 aromatic carbocycles. The normalized spacial score (nSPS) is 27.6. The summed E-state index contributed by atoms with van der Waals surface area (Å²) in [5.41, 5.74) is 11.0. The third kappa shape index (κ3) is 13.6. The van der Waals surface area contributed by atoms with Crippen LogP contribution in [-0.4, -0.2) is 127 Å². The van der Waals surface area contributed by atoms with E-state index in [1.54, 1.807) is 0 Å². The zero-order chi connectivity index (χ0) is 41.2. The van der Waals surface area contributed by atoms with E-state index in [1.807, 2.05) is 0 Å². The first-order chi connectivity index (χ1) is 25.7. The van der Waals surface area contributed by atoms with Gasteiger partial charge in [0.25, 0.3) is 5.91 Å². The molecule has 4 unspecified atom stereocenters. The average molecular weight is 847 g/mol. The van der Waals surface area contributed by atoms with Crippen LogP contribution in [0.5, 0.6) is 11.5 Å². The van der Waals surface area contributed by atoms with Crippen molar-refractivity contribution in [2.24, 2.45) is 11.5 Å². The van der Waals surface area contributed by atoms with Crippen molar-refractivity contribution in [1.82, 2.24) is 5.32 Å². The number of hydrogen-bond donors (Lipinski definition) is 3. The molecule has 2 aliphatic rings. The maximum Gasteiger partial charge on any atom is 0.407 e. The van der Waals surface area contributed by atoms with Gasteiger partial charge in [0.2, 0.25) is 10.1 Å². The highest BCUT2D eigenvalue weighted by Crippen LogP contribution is 2.35. The molecule has 0 spiro atoms. The number of amides is 3. The number of hydrogen-bond acceptors (Lipinski definition) is 18. The van der Waals surface area contributed by atoms with Crippen LogP contribution in [0.4, 0.5) is 9.59 Å². The molecule has 21 nitrogen and oxygen atoms in total. The summed E-state index contributed by atoms with van der Waals surface area (Å²) in [6.45, 7) is 2.54. The summed E-state index contributed by atoms with van der Waals surface area (Å²) >= 11 is 17.2. The summed E-state index contributed by atoms with van der Waals surface area (Å²) in [6.07, 6.45) is -19.0. The van der Waals surface area contributed by atoms with Crippen LogP contribution in [0.3, 0.4) is 0 Å². The van der Waals surface area contributed by atoms with Crippen LogP contribution < -0.4 is 26.3 Å². The van der Waals surface area contributed by atoms with E-state index in [2.05, 4.69) is 5.32 Å². The van der Waals surface area contributed by atoms with Gasteiger partial charge in [-0.05, 0) is 24.3 Å². The van der Waals surface area contributed by atoms with Crippen molar-refractivity contribution in [2.45, 2.75) is 92.8 Å². The lowest BCUT2D eigenvalue weighted by Crippen LogP contribution is -2.70. The van der Waals surface area contributed by atoms with E-state index < -0.39 is 120 Å². The number of halogens is 3. The molecule has 2 heterocycles. The van der Waals surface area contributed by atoms with Crippen molar-refractivity contribution in [1.29, 1.82) is 0 Å². The second kappa shape index (κ2) is 19.9. The van der Waals surface area contributed by atoms with Gasteiger partial charge >= 0.3 is 36.1 Å². The molecule has 0 saturated carbocycles. The van der Waals surface area contributed by atoms with E-state index in [-0.39, 0.29) is 5.75 Å². The molecule has 24 heteroatoms. The molecule has 10 atom stereocenters. The summed E-state index contributed by atoms with van der Waals surface area (Å²) in [7, 11) is 1.41. The highest BCUT2D eigenvalue weighted by molar-refractivity contribution is 6.67. The number of ether oxygens (including phenoxy) is 11. The van der Waals surface area contributed by atoms with Crippen molar-refractivity contribution in [3.8, 4) is 11.5 Å². The first kappa shape index (κ1) is 44.9. The minimum atomic E-state index is -2.09. The fourth-order valence-electron chi connectivity index (χ4n) is 5.31. The Bertz CT molecular complexity index is 1560. The Morgan fingerprint density at radius 3 is 1.78 bits per heavy atom. The molecule has 5 N–H and O–H groups in total. The van der Waals surface area contributed by atoms with Gasteiger partial charge in [0.05, 0.1) is 7.11 Å². The van der Waals surface area contributed by atoms with Gasteiger partial charge in [0, 0.05) is 27.7 Å². The molecule has 2 saturated heterocycles. The number of carbonyl (C=O) groups excluding carboxylic acids is 7. The van der Waals surface area contributed by atoms with E-state index in [9.17, 15) is 33.6 Å². The summed E-state index contributed by atoms with van der Waals surface area (Å²) in [4.78, 5) is 87.0. The number of benzene rings is 1. The summed E-state index contributed by atoms with van der Waals surface area (Å²) in [6, 6.07) is 4.03. The Labute approximate surface area is 327 Å². The minimum absolute atomic E-state index is 0.0429. The zero-order valence-electron chi connectivity index (χ0n) is 29.6. The van der Waals surface area contributed by atoms with Crippen LogP contribution in [-0.2, 0) is 66.6 Å². The van der Waals surface area contributed by atoms with Crippen molar-refractivity contribution < 1.29 is 85.7 Å². The molecular formula is C31H38Cl3N3O18.